The second kappa shape index (κ2) is 14.9. The lowest BCUT2D eigenvalue weighted by molar-refractivity contribution is -0.202. The molecule has 33 heavy (non-hydrogen) atoms. The van der Waals surface area contributed by atoms with E-state index in [2.05, 4.69) is 52.1 Å². The van der Waals surface area contributed by atoms with Crippen LogP contribution in [-0.4, -0.2) is 61.3 Å². The number of hydrogen-bond donors (Lipinski definition) is 2. The zero-order valence-electron chi connectivity index (χ0n) is 22.3. The van der Waals surface area contributed by atoms with Crippen molar-refractivity contribution in [3.63, 3.8) is 0 Å². The van der Waals surface area contributed by atoms with Crippen LogP contribution < -0.4 is 5.32 Å². The Balaban J connectivity index is 2.80. The smallest absolute Gasteiger partial charge is 0.320 e. The van der Waals surface area contributed by atoms with Gasteiger partial charge in [0.1, 0.15) is 12.2 Å². The van der Waals surface area contributed by atoms with Gasteiger partial charge < -0.3 is 24.6 Å². The standard InChI is InChI=1S/C27H49NO5/c1-9-32-22-15-16-23(33-24(29)18-28-21(6)14-10-12-19(2)3)26(31-8)25(22)27(7,30)17-11-13-20(4)5/h12-13,21-23,25-26,28,30H,9-11,14-18H2,1-8H3/t21?,22-,23-,25-,26-,27+/m1/s1. The third-order valence-corrected chi connectivity index (χ3v) is 6.46. The molecule has 192 valence electrons. The van der Waals surface area contributed by atoms with E-state index in [1.807, 2.05) is 13.8 Å². The molecule has 0 aromatic heterocycles. The number of allylic oxidation sites excluding steroid dienone is 4. The average molecular weight is 468 g/mol. The maximum absolute atomic E-state index is 12.6. The summed E-state index contributed by atoms with van der Waals surface area (Å²) in [6, 6.07) is 0.226. The van der Waals surface area contributed by atoms with E-state index in [-0.39, 0.29) is 30.6 Å². The fourth-order valence-corrected chi connectivity index (χ4v) is 4.71. The van der Waals surface area contributed by atoms with Crippen LogP contribution in [-0.2, 0) is 19.0 Å². The van der Waals surface area contributed by atoms with Gasteiger partial charge in [-0.05, 0) is 87.0 Å². The number of carbonyl (C=O) groups is 1. The van der Waals surface area contributed by atoms with Crippen molar-refractivity contribution in [2.75, 3.05) is 20.3 Å². The Kier molecular flexibility index (Phi) is 13.5. The highest BCUT2D eigenvalue weighted by molar-refractivity contribution is 5.72. The van der Waals surface area contributed by atoms with Gasteiger partial charge in [-0.3, -0.25) is 4.79 Å². The van der Waals surface area contributed by atoms with Gasteiger partial charge in [0, 0.05) is 25.7 Å². The highest BCUT2D eigenvalue weighted by Gasteiger charge is 2.50. The van der Waals surface area contributed by atoms with Gasteiger partial charge in [-0.15, -0.1) is 0 Å². The molecule has 0 radical (unpaired) electrons. The molecule has 0 aliphatic heterocycles. The molecule has 0 amide bonds. The Hall–Kier alpha value is -1.21. The van der Waals surface area contributed by atoms with Gasteiger partial charge in [0.15, 0.2) is 0 Å². The van der Waals surface area contributed by atoms with Gasteiger partial charge in [0.25, 0.3) is 0 Å². The Morgan fingerprint density at radius 2 is 1.73 bits per heavy atom. The molecule has 1 aliphatic carbocycles. The van der Waals surface area contributed by atoms with E-state index in [0.717, 1.165) is 25.7 Å². The maximum atomic E-state index is 12.6. The van der Waals surface area contributed by atoms with Gasteiger partial charge in [-0.25, -0.2) is 0 Å². The monoisotopic (exact) mass is 467 g/mol. The van der Waals surface area contributed by atoms with E-state index in [1.54, 1.807) is 7.11 Å². The van der Waals surface area contributed by atoms with Crippen LogP contribution in [0.15, 0.2) is 23.3 Å². The number of esters is 1. The van der Waals surface area contributed by atoms with Crippen molar-refractivity contribution in [1.29, 1.82) is 0 Å². The molecule has 1 rings (SSSR count). The molecule has 1 fully saturated rings. The van der Waals surface area contributed by atoms with E-state index < -0.39 is 17.8 Å². The van der Waals surface area contributed by atoms with E-state index in [4.69, 9.17) is 14.2 Å². The quantitative estimate of drug-likeness (QED) is 0.278. The van der Waals surface area contributed by atoms with Crippen molar-refractivity contribution in [1.82, 2.24) is 5.32 Å². The Labute approximate surface area is 202 Å². The van der Waals surface area contributed by atoms with Crippen LogP contribution in [0.1, 0.15) is 87.0 Å². The third-order valence-electron chi connectivity index (χ3n) is 6.46. The summed E-state index contributed by atoms with van der Waals surface area (Å²) in [5.74, 6) is -0.565. The predicted molar refractivity (Wildman–Crippen MR) is 134 cm³/mol. The van der Waals surface area contributed by atoms with Crippen LogP contribution in [0, 0.1) is 5.92 Å². The Morgan fingerprint density at radius 3 is 2.30 bits per heavy atom. The van der Waals surface area contributed by atoms with Crippen molar-refractivity contribution in [2.24, 2.45) is 5.92 Å². The summed E-state index contributed by atoms with van der Waals surface area (Å²) in [6.07, 6.45) is 8.10. The predicted octanol–water partition coefficient (Wildman–Crippen LogP) is 4.95. The van der Waals surface area contributed by atoms with Gasteiger partial charge in [-0.1, -0.05) is 23.3 Å². The molecular weight excluding hydrogens is 418 g/mol. The second-order valence-electron chi connectivity index (χ2n) is 10.1. The fourth-order valence-electron chi connectivity index (χ4n) is 4.71. The summed E-state index contributed by atoms with van der Waals surface area (Å²) in [5.41, 5.74) is 1.53. The molecule has 0 aromatic rings. The number of ether oxygens (including phenoxy) is 3. The molecule has 6 nitrogen and oxygen atoms in total. The molecule has 0 aromatic carbocycles. The summed E-state index contributed by atoms with van der Waals surface area (Å²) in [4.78, 5) is 12.6. The SMILES string of the molecule is CCO[C@@H]1CC[C@@H](OC(=O)CNC(C)CCC=C(C)C)[C@@H](OC)[C@@H]1[C@@](C)(O)CCC=C(C)C. The average Bonchev–Trinajstić information content (AvgIpc) is 2.72. The molecule has 1 aliphatic rings. The maximum Gasteiger partial charge on any atom is 0.320 e. The Bertz CT molecular complexity index is 634. The normalized spacial score (nSPS) is 25.6. The summed E-state index contributed by atoms with van der Waals surface area (Å²) < 4.78 is 17.7. The van der Waals surface area contributed by atoms with Crippen LogP contribution in [0.5, 0.6) is 0 Å². The first-order valence-electron chi connectivity index (χ1n) is 12.6. The van der Waals surface area contributed by atoms with Crippen LogP contribution >= 0.6 is 0 Å². The molecule has 0 bridgehead atoms. The lowest BCUT2D eigenvalue weighted by Crippen LogP contribution is -2.58. The molecule has 6 atom stereocenters. The minimum absolute atomic E-state index is 0.134. The summed E-state index contributed by atoms with van der Waals surface area (Å²) in [6.45, 7) is 14.9. The zero-order chi connectivity index (χ0) is 25.0. The van der Waals surface area contributed by atoms with Crippen molar-refractivity contribution in [2.45, 2.75) is 117 Å². The first-order chi connectivity index (χ1) is 15.5. The van der Waals surface area contributed by atoms with Crippen LogP contribution in [0.4, 0.5) is 0 Å². The number of rotatable bonds is 14. The number of aliphatic hydroxyl groups is 1. The fraction of sp³-hybridized carbons (Fsp3) is 0.815. The first kappa shape index (κ1) is 29.8. The summed E-state index contributed by atoms with van der Waals surface area (Å²) in [5, 5.41) is 14.7. The van der Waals surface area contributed by atoms with Crippen molar-refractivity contribution < 1.29 is 24.1 Å². The third kappa shape index (κ3) is 10.7. The minimum atomic E-state index is -1.00. The van der Waals surface area contributed by atoms with E-state index in [9.17, 15) is 9.90 Å². The van der Waals surface area contributed by atoms with Gasteiger partial charge in [0.05, 0.1) is 18.2 Å². The van der Waals surface area contributed by atoms with E-state index in [0.29, 0.717) is 19.4 Å². The molecule has 1 saturated carbocycles. The van der Waals surface area contributed by atoms with E-state index in [1.165, 1.54) is 11.1 Å². The van der Waals surface area contributed by atoms with E-state index >= 15 is 0 Å². The largest absolute Gasteiger partial charge is 0.459 e. The molecule has 0 saturated heterocycles. The number of nitrogens with one attached hydrogen (secondary N) is 1. The molecule has 6 heteroatoms. The van der Waals surface area contributed by atoms with Crippen molar-refractivity contribution >= 4 is 5.97 Å². The highest BCUT2D eigenvalue weighted by atomic mass is 16.6. The molecule has 0 heterocycles. The number of methoxy groups -OCH3 is 1. The summed E-state index contributed by atoms with van der Waals surface area (Å²) in [7, 11) is 1.63. The number of hydrogen-bond acceptors (Lipinski definition) is 6. The van der Waals surface area contributed by atoms with Gasteiger partial charge in [-0.2, -0.15) is 0 Å². The molecule has 2 N–H and O–H groups in total. The first-order valence-corrected chi connectivity index (χ1v) is 12.6. The van der Waals surface area contributed by atoms with Gasteiger partial charge >= 0.3 is 5.97 Å². The minimum Gasteiger partial charge on any atom is -0.459 e. The Morgan fingerprint density at radius 1 is 1.12 bits per heavy atom. The highest BCUT2D eigenvalue weighted by Crippen LogP contribution is 2.40. The van der Waals surface area contributed by atoms with Crippen molar-refractivity contribution in [3.05, 3.63) is 23.3 Å². The topological polar surface area (TPSA) is 77.0 Å². The number of carbonyl (C=O) groups excluding carboxylic acids is 1. The van der Waals surface area contributed by atoms with Crippen LogP contribution in [0.2, 0.25) is 0 Å². The molecular formula is C27H49NO5. The lowest BCUT2D eigenvalue weighted by atomic mass is 9.70. The zero-order valence-corrected chi connectivity index (χ0v) is 22.3. The van der Waals surface area contributed by atoms with Crippen LogP contribution in [0.25, 0.3) is 0 Å². The van der Waals surface area contributed by atoms with Crippen molar-refractivity contribution in [3.8, 4) is 0 Å². The molecule has 0 spiro atoms. The summed E-state index contributed by atoms with van der Waals surface area (Å²) >= 11 is 0. The second-order valence-corrected chi connectivity index (χ2v) is 10.1. The van der Waals surface area contributed by atoms with Crippen LogP contribution in [0.3, 0.4) is 0 Å². The van der Waals surface area contributed by atoms with Gasteiger partial charge in [0.2, 0.25) is 0 Å². The molecule has 1 unspecified atom stereocenters. The lowest BCUT2D eigenvalue weighted by Gasteiger charge is -2.47.